The van der Waals surface area contributed by atoms with Gasteiger partial charge < -0.3 is 13.9 Å². The Morgan fingerprint density at radius 2 is 1.17 bits per heavy atom. The molecule has 0 aliphatic heterocycles. The zero-order valence-corrected chi connectivity index (χ0v) is 27.1. The second kappa shape index (κ2) is 11.5. The lowest BCUT2D eigenvalue weighted by Crippen LogP contribution is -2.20. The molecular weight excluding hydrogens is 617 g/mol. The van der Waals surface area contributed by atoms with Crippen LogP contribution in [0.3, 0.4) is 0 Å². The summed E-state index contributed by atoms with van der Waals surface area (Å²) in [6.07, 6.45) is 0. The first-order chi connectivity index (χ1) is 23.3. The van der Waals surface area contributed by atoms with E-state index in [0.717, 1.165) is 54.7 Å². The molecule has 8 rings (SSSR count). The Bertz CT molecular complexity index is 2720. The van der Waals surface area contributed by atoms with E-state index in [2.05, 4.69) is 58.0 Å². The van der Waals surface area contributed by atoms with Crippen LogP contribution in [0.15, 0.2) is 155 Å². The van der Waals surface area contributed by atoms with Crippen molar-refractivity contribution in [1.29, 1.82) is 0 Å². The number of para-hydroxylation sites is 2. The first-order valence-corrected chi connectivity index (χ1v) is 17.0. The van der Waals surface area contributed by atoms with E-state index in [1.807, 2.05) is 86.9 Å². The molecule has 48 heavy (non-hydrogen) atoms. The third-order valence-electron chi connectivity index (χ3n) is 9.14. The minimum absolute atomic E-state index is 0.265. The summed E-state index contributed by atoms with van der Waals surface area (Å²) in [7, 11) is -0.716. The van der Waals surface area contributed by atoms with Gasteiger partial charge in [-0.05, 0) is 65.4 Å². The molecule has 0 amide bonds. The lowest BCUT2D eigenvalue weighted by atomic mass is 9.93. The van der Waals surface area contributed by atoms with Crippen LogP contribution in [0.1, 0.15) is 0 Å². The van der Waals surface area contributed by atoms with Crippen molar-refractivity contribution in [2.45, 2.75) is 4.90 Å². The maximum atomic E-state index is 12.6. The molecule has 0 aliphatic carbocycles. The molecule has 0 aliphatic rings. The van der Waals surface area contributed by atoms with Gasteiger partial charge in [0.2, 0.25) is 11.0 Å². The SMILES string of the molecule is CN(c1ccccc1)c1ccc2c(ccc3c(-c4ccccc4S(=O)(=O)[O-])c4ccc5cc(=[N+](C)c6ccccc6)ccc5c4oc32)c1. The highest BCUT2D eigenvalue weighted by Gasteiger charge is 2.21. The van der Waals surface area contributed by atoms with Gasteiger partial charge in [0.15, 0.2) is 0 Å². The van der Waals surface area contributed by atoms with E-state index in [0.29, 0.717) is 22.3 Å². The highest BCUT2D eigenvalue weighted by Crippen LogP contribution is 2.43. The van der Waals surface area contributed by atoms with Crippen molar-refractivity contribution in [2.24, 2.45) is 0 Å². The Labute approximate surface area is 277 Å². The van der Waals surface area contributed by atoms with Crippen molar-refractivity contribution in [2.75, 3.05) is 19.0 Å². The third-order valence-corrected chi connectivity index (χ3v) is 10.0. The summed E-state index contributed by atoms with van der Waals surface area (Å²) >= 11 is 0. The number of fused-ring (bicyclic) bond motifs is 6. The van der Waals surface area contributed by atoms with Crippen molar-refractivity contribution in [3.05, 3.63) is 151 Å². The van der Waals surface area contributed by atoms with Crippen LogP contribution < -0.4 is 14.8 Å². The van der Waals surface area contributed by atoms with Gasteiger partial charge in [0.1, 0.15) is 28.3 Å². The molecule has 6 nitrogen and oxygen atoms in total. The van der Waals surface area contributed by atoms with Crippen molar-refractivity contribution in [1.82, 2.24) is 4.58 Å². The van der Waals surface area contributed by atoms with E-state index in [1.54, 1.807) is 18.2 Å². The van der Waals surface area contributed by atoms with E-state index >= 15 is 0 Å². The van der Waals surface area contributed by atoms with Crippen molar-refractivity contribution < 1.29 is 17.4 Å². The fraction of sp³-hybridized carbons (Fsp3) is 0.0488. The first kappa shape index (κ1) is 29.6. The van der Waals surface area contributed by atoms with Gasteiger partial charge in [-0.1, -0.05) is 66.7 Å². The second-order valence-electron chi connectivity index (χ2n) is 11.9. The van der Waals surface area contributed by atoms with Crippen LogP contribution in [-0.2, 0) is 10.1 Å². The predicted octanol–water partition coefficient (Wildman–Crippen LogP) is 8.97. The fourth-order valence-electron chi connectivity index (χ4n) is 6.64. The molecule has 0 saturated heterocycles. The summed E-state index contributed by atoms with van der Waals surface area (Å²) in [5.74, 6) is 0. The zero-order chi connectivity index (χ0) is 33.0. The van der Waals surface area contributed by atoms with Crippen LogP contribution in [0.2, 0.25) is 0 Å². The molecule has 0 spiro atoms. The maximum absolute atomic E-state index is 12.6. The largest absolute Gasteiger partial charge is 0.744 e. The molecule has 0 atom stereocenters. The average Bonchev–Trinajstić information content (AvgIpc) is 3.13. The zero-order valence-electron chi connectivity index (χ0n) is 26.3. The van der Waals surface area contributed by atoms with Crippen LogP contribution >= 0.6 is 0 Å². The molecule has 0 N–H and O–H groups in total. The first-order valence-electron chi connectivity index (χ1n) is 15.6. The minimum atomic E-state index is -4.78. The Hall–Kier alpha value is -5.76. The van der Waals surface area contributed by atoms with Crippen LogP contribution in [0.5, 0.6) is 0 Å². The molecule has 1 aromatic heterocycles. The molecule has 1 heterocycles. The average molecular weight is 647 g/mol. The molecule has 0 radical (unpaired) electrons. The van der Waals surface area contributed by atoms with E-state index in [4.69, 9.17) is 4.42 Å². The normalized spacial score (nSPS) is 12.6. The highest BCUT2D eigenvalue weighted by atomic mass is 32.2. The number of rotatable bonds is 5. The molecule has 0 bridgehead atoms. The van der Waals surface area contributed by atoms with Gasteiger partial charge in [-0.2, -0.15) is 4.58 Å². The van der Waals surface area contributed by atoms with Crippen molar-refractivity contribution in [3.63, 3.8) is 0 Å². The fourth-order valence-corrected chi connectivity index (χ4v) is 7.32. The Kier molecular flexibility index (Phi) is 7.09. The van der Waals surface area contributed by atoms with Gasteiger partial charge in [-0.3, -0.25) is 0 Å². The van der Waals surface area contributed by atoms with E-state index in [1.165, 1.54) is 6.07 Å². The lowest BCUT2D eigenvalue weighted by molar-refractivity contribution is 0.463. The van der Waals surface area contributed by atoms with Gasteiger partial charge >= 0.3 is 0 Å². The molecular formula is C41H30N2O4S. The van der Waals surface area contributed by atoms with Crippen LogP contribution in [0.4, 0.5) is 17.1 Å². The molecule has 234 valence electrons. The van der Waals surface area contributed by atoms with Crippen molar-refractivity contribution in [3.8, 4) is 11.1 Å². The van der Waals surface area contributed by atoms with Gasteiger partial charge in [0.25, 0.3) is 0 Å². The number of benzene rings is 7. The van der Waals surface area contributed by atoms with Crippen LogP contribution in [0.25, 0.3) is 54.6 Å². The van der Waals surface area contributed by atoms with Gasteiger partial charge in [0, 0.05) is 75.4 Å². The summed E-state index contributed by atoms with van der Waals surface area (Å²) in [5.41, 5.74) is 5.35. The van der Waals surface area contributed by atoms with Gasteiger partial charge in [-0.25, -0.2) is 8.42 Å². The van der Waals surface area contributed by atoms with Crippen LogP contribution in [-0.4, -0.2) is 27.1 Å². The number of nitrogens with zero attached hydrogens (tertiary/aromatic N) is 2. The quantitative estimate of drug-likeness (QED) is 0.0808. The highest BCUT2D eigenvalue weighted by molar-refractivity contribution is 7.85. The van der Waals surface area contributed by atoms with Crippen molar-refractivity contribution >= 4 is 70.7 Å². The summed E-state index contributed by atoms with van der Waals surface area (Å²) in [4.78, 5) is 1.86. The molecule has 7 aromatic carbocycles. The van der Waals surface area contributed by atoms with E-state index in [9.17, 15) is 13.0 Å². The Morgan fingerprint density at radius 1 is 0.604 bits per heavy atom. The monoisotopic (exact) mass is 646 g/mol. The number of anilines is 2. The standard InChI is InChI=1S/C41H30N2O4S/c1-42(29-11-5-3-6-12-29)31-19-23-33-27(25-31)17-21-36-39(35-15-9-10-16-38(35)48(44,45)46)37-22-18-28-26-32(43(2)30-13-7-4-8-14-30)20-24-34(28)41(37)47-40(33)36/h3-26H,1-2H3. The molecule has 0 fully saturated rings. The van der Waals surface area contributed by atoms with Gasteiger partial charge in [0.05, 0.1) is 4.90 Å². The van der Waals surface area contributed by atoms with Crippen LogP contribution in [0, 0.1) is 0 Å². The van der Waals surface area contributed by atoms with Gasteiger partial charge in [-0.15, -0.1) is 0 Å². The molecule has 7 heteroatoms. The van der Waals surface area contributed by atoms with E-state index < -0.39 is 10.1 Å². The lowest BCUT2D eigenvalue weighted by Gasteiger charge is -2.21. The number of hydrogen-bond donors (Lipinski definition) is 0. The second-order valence-corrected chi connectivity index (χ2v) is 13.3. The third kappa shape index (κ3) is 5.01. The van der Waals surface area contributed by atoms with E-state index in [-0.39, 0.29) is 4.90 Å². The smallest absolute Gasteiger partial charge is 0.206 e. The summed E-state index contributed by atoms with van der Waals surface area (Å²) in [6, 6.07) is 47.1. The summed E-state index contributed by atoms with van der Waals surface area (Å²) < 4.78 is 46.7. The Morgan fingerprint density at radius 3 is 1.83 bits per heavy atom. The molecule has 0 saturated carbocycles. The molecule has 8 aromatic rings. The maximum Gasteiger partial charge on any atom is 0.206 e. The minimum Gasteiger partial charge on any atom is -0.744 e. The Balaban J connectivity index is 1.44. The summed E-state index contributed by atoms with van der Waals surface area (Å²) in [6.45, 7) is 0. The molecule has 0 unspecified atom stereocenters. The summed E-state index contributed by atoms with van der Waals surface area (Å²) in [5, 5.41) is 6.13. The number of hydrogen-bond acceptors (Lipinski definition) is 5. The predicted molar refractivity (Wildman–Crippen MR) is 194 cm³/mol. The topological polar surface area (TPSA) is 76.6 Å².